The quantitative estimate of drug-likeness (QED) is 0.919. The second-order valence-corrected chi connectivity index (χ2v) is 6.25. The third-order valence-electron chi connectivity index (χ3n) is 2.94. The van der Waals surface area contributed by atoms with Gasteiger partial charge in [-0.15, -0.1) is 0 Å². The Labute approximate surface area is 129 Å². The summed E-state index contributed by atoms with van der Waals surface area (Å²) in [5.41, 5.74) is 0.782. The van der Waals surface area contributed by atoms with Crippen molar-refractivity contribution in [3.63, 3.8) is 0 Å². The van der Waals surface area contributed by atoms with Gasteiger partial charge in [0, 0.05) is 12.0 Å². The van der Waals surface area contributed by atoms with E-state index >= 15 is 0 Å². The molecule has 118 valence electrons. The van der Waals surface area contributed by atoms with Crippen molar-refractivity contribution in [1.82, 2.24) is 15.5 Å². The molecule has 1 aromatic heterocycles. The van der Waals surface area contributed by atoms with Crippen LogP contribution in [0.15, 0.2) is 28.8 Å². The first-order valence-electron chi connectivity index (χ1n) is 7.11. The largest absolute Gasteiger partial charge is 0.497 e. The Morgan fingerprint density at radius 1 is 1.27 bits per heavy atom. The van der Waals surface area contributed by atoms with Crippen LogP contribution in [0.2, 0.25) is 0 Å². The molecule has 0 aliphatic rings. The predicted octanol–water partition coefficient (Wildman–Crippen LogP) is 2.80. The van der Waals surface area contributed by atoms with Crippen molar-refractivity contribution in [2.75, 3.05) is 7.11 Å². The minimum Gasteiger partial charge on any atom is -0.497 e. The highest BCUT2D eigenvalue weighted by molar-refractivity contribution is 5.76. The molecule has 1 N–H and O–H groups in total. The summed E-state index contributed by atoms with van der Waals surface area (Å²) < 4.78 is 10.3. The van der Waals surface area contributed by atoms with Gasteiger partial charge in [-0.1, -0.05) is 25.9 Å². The van der Waals surface area contributed by atoms with Crippen LogP contribution in [0.5, 0.6) is 5.75 Å². The van der Waals surface area contributed by atoms with E-state index in [0.717, 1.165) is 11.3 Å². The number of aromatic nitrogens is 2. The van der Waals surface area contributed by atoms with Crippen LogP contribution in [-0.2, 0) is 11.3 Å². The molecule has 1 amide bonds. The van der Waals surface area contributed by atoms with E-state index < -0.39 is 0 Å². The molecule has 0 saturated carbocycles. The average Bonchev–Trinajstić information content (AvgIpc) is 2.92. The lowest BCUT2D eigenvalue weighted by molar-refractivity contribution is -0.123. The molecule has 0 atom stereocenters. The first-order chi connectivity index (χ1) is 10.4. The number of methoxy groups -OCH3 is 1. The van der Waals surface area contributed by atoms with Gasteiger partial charge in [0.2, 0.25) is 17.6 Å². The normalized spacial score (nSPS) is 11.3. The summed E-state index contributed by atoms with van der Waals surface area (Å²) in [6.07, 6.45) is 0.451. The van der Waals surface area contributed by atoms with E-state index in [0.29, 0.717) is 18.1 Å². The fourth-order valence-corrected chi connectivity index (χ4v) is 1.90. The highest BCUT2D eigenvalue weighted by atomic mass is 16.5. The number of nitrogens with one attached hydrogen (secondary N) is 1. The molecule has 0 radical (unpaired) electrons. The Hall–Kier alpha value is -2.37. The van der Waals surface area contributed by atoms with Crippen LogP contribution in [0.25, 0.3) is 11.4 Å². The van der Waals surface area contributed by atoms with E-state index in [1.54, 1.807) is 7.11 Å². The minimum atomic E-state index is -0.0484. The first-order valence-corrected chi connectivity index (χ1v) is 7.11. The summed E-state index contributed by atoms with van der Waals surface area (Å²) in [4.78, 5) is 16.0. The number of carbonyl (C=O) groups excluding carboxylic acids is 1. The second-order valence-electron chi connectivity index (χ2n) is 6.25. The number of carbonyl (C=O) groups is 1. The van der Waals surface area contributed by atoms with Gasteiger partial charge in [0.1, 0.15) is 5.75 Å². The van der Waals surface area contributed by atoms with Crippen molar-refractivity contribution in [1.29, 1.82) is 0 Å². The predicted molar refractivity (Wildman–Crippen MR) is 82.2 cm³/mol. The molecule has 0 fully saturated rings. The molecule has 0 aliphatic carbocycles. The van der Waals surface area contributed by atoms with Gasteiger partial charge in [-0.05, 0) is 29.7 Å². The van der Waals surface area contributed by atoms with Crippen LogP contribution in [0.1, 0.15) is 33.1 Å². The Morgan fingerprint density at radius 2 is 1.95 bits per heavy atom. The van der Waals surface area contributed by atoms with Crippen LogP contribution in [0, 0.1) is 5.41 Å². The monoisotopic (exact) mass is 303 g/mol. The van der Waals surface area contributed by atoms with Gasteiger partial charge in [0.15, 0.2) is 0 Å². The van der Waals surface area contributed by atoms with E-state index in [-0.39, 0.29) is 17.9 Å². The highest BCUT2D eigenvalue weighted by Gasteiger charge is 2.16. The number of nitrogens with zero attached hydrogens (tertiary/aromatic N) is 2. The highest BCUT2D eigenvalue weighted by Crippen LogP contribution is 2.20. The fourth-order valence-electron chi connectivity index (χ4n) is 1.90. The van der Waals surface area contributed by atoms with E-state index in [1.165, 1.54) is 0 Å². The van der Waals surface area contributed by atoms with Crippen molar-refractivity contribution in [2.45, 2.75) is 33.7 Å². The number of hydrogen-bond donors (Lipinski definition) is 1. The summed E-state index contributed by atoms with van der Waals surface area (Å²) >= 11 is 0. The SMILES string of the molecule is COc1ccc(-c2noc(CNC(=O)CC(C)(C)C)n2)cc1. The first kappa shape index (κ1) is 16.0. The van der Waals surface area contributed by atoms with Crippen LogP contribution in [0.4, 0.5) is 0 Å². The zero-order valence-electron chi connectivity index (χ0n) is 13.3. The average molecular weight is 303 g/mol. The lowest BCUT2D eigenvalue weighted by Crippen LogP contribution is -2.27. The molecule has 0 saturated heterocycles. The van der Waals surface area contributed by atoms with Gasteiger partial charge >= 0.3 is 0 Å². The molecule has 1 heterocycles. The molecular weight excluding hydrogens is 282 g/mol. The van der Waals surface area contributed by atoms with Gasteiger partial charge in [-0.2, -0.15) is 4.98 Å². The smallest absolute Gasteiger partial charge is 0.246 e. The molecule has 0 aliphatic heterocycles. The van der Waals surface area contributed by atoms with Crippen molar-refractivity contribution < 1.29 is 14.1 Å². The van der Waals surface area contributed by atoms with Crippen LogP contribution in [-0.4, -0.2) is 23.2 Å². The van der Waals surface area contributed by atoms with Crippen molar-refractivity contribution in [2.24, 2.45) is 5.41 Å². The Morgan fingerprint density at radius 3 is 2.55 bits per heavy atom. The van der Waals surface area contributed by atoms with E-state index in [4.69, 9.17) is 9.26 Å². The van der Waals surface area contributed by atoms with Crippen molar-refractivity contribution >= 4 is 5.91 Å². The van der Waals surface area contributed by atoms with Gasteiger partial charge < -0.3 is 14.6 Å². The maximum atomic E-state index is 11.8. The Bertz CT molecular complexity index is 627. The Kier molecular flexibility index (Phi) is 4.80. The maximum absolute atomic E-state index is 11.8. The fraction of sp³-hybridized carbons (Fsp3) is 0.438. The maximum Gasteiger partial charge on any atom is 0.246 e. The number of ether oxygens (including phenoxy) is 1. The summed E-state index contributed by atoms with van der Waals surface area (Å²) in [6.45, 7) is 6.28. The van der Waals surface area contributed by atoms with E-state index in [9.17, 15) is 4.79 Å². The van der Waals surface area contributed by atoms with Crippen molar-refractivity contribution in [3.05, 3.63) is 30.2 Å². The summed E-state index contributed by atoms with van der Waals surface area (Å²) in [5.74, 6) is 1.61. The third kappa shape index (κ3) is 4.58. The van der Waals surface area contributed by atoms with E-state index in [2.05, 4.69) is 15.5 Å². The number of benzene rings is 1. The molecule has 0 unspecified atom stereocenters. The number of hydrogen-bond acceptors (Lipinski definition) is 5. The molecule has 6 nitrogen and oxygen atoms in total. The topological polar surface area (TPSA) is 77.3 Å². The van der Waals surface area contributed by atoms with Gasteiger partial charge in [-0.25, -0.2) is 0 Å². The van der Waals surface area contributed by atoms with Crippen LogP contribution < -0.4 is 10.1 Å². The third-order valence-corrected chi connectivity index (χ3v) is 2.94. The standard InChI is InChI=1S/C16H21N3O3/c1-16(2,3)9-13(20)17-10-14-18-15(19-22-14)11-5-7-12(21-4)8-6-11/h5-8H,9-10H2,1-4H3,(H,17,20). The number of rotatable bonds is 5. The van der Waals surface area contributed by atoms with Crippen molar-refractivity contribution in [3.8, 4) is 17.1 Å². The van der Waals surface area contributed by atoms with Gasteiger partial charge in [0.25, 0.3) is 0 Å². The van der Waals surface area contributed by atoms with Crippen LogP contribution >= 0.6 is 0 Å². The van der Waals surface area contributed by atoms with Gasteiger partial charge in [0.05, 0.1) is 13.7 Å². The molecule has 22 heavy (non-hydrogen) atoms. The Balaban J connectivity index is 1.95. The number of amides is 1. The molecule has 2 rings (SSSR count). The summed E-state index contributed by atoms with van der Waals surface area (Å²) in [5, 5.41) is 6.70. The minimum absolute atomic E-state index is 0.0308. The zero-order valence-corrected chi connectivity index (χ0v) is 13.3. The lowest BCUT2D eigenvalue weighted by Gasteiger charge is -2.16. The van der Waals surface area contributed by atoms with E-state index in [1.807, 2.05) is 45.0 Å². The summed E-state index contributed by atoms with van der Waals surface area (Å²) in [7, 11) is 1.61. The molecule has 0 bridgehead atoms. The summed E-state index contributed by atoms with van der Waals surface area (Å²) in [6, 6.07) is 7.37. The molecule has 0 spiro atoms. The second kappa shape index (κ2) is 6.60. The molecule has 1 aromatic carbocycles. The van der Waals surface area contributed by atoms with Crippen LogP contribution in [0.3, 0.4) is 0 Å². The molecular formula is C16H21N3O3. The molecule has 2 aromatic rings. The lowest BCUT2D eigenvalue weighted by atomic mass is 9.92. The zero-order chi connectivity index (χ0) is 16.2. The van der Waals surface area contributed by atoms with Gasteiger partial charge in [-0.3, -0.25) is 4.79 Å². The molecule has 6 heteroatoms.